The second-order valence-corrected chi connectivity index (χ2v) is 6.46. The highest BCUT2D eigenvalue weighted by molar-refractivity contribution is 9.11. The zero-order valence-corrected chi connectivity index (χ0v) is 15.2. The number of hydrogen-bond acceptors (Lipinski definition) is 2. The van der Waals surface area contributed by atoms with Crippen LogP contribution in [0.1, 0.15) is 30.8 Å². The average Bonchev–Trinajstić information content (AvgIpc) is 2.80. The van der Waals surface area contributed by atoms with Crippen LogP contribution < -0.4 is 5.32 Å². The van der Waals surface area contributed by atoms with Gasteiger partial charge in [0, 0.05) is 15.5 Å². The number of nitrogens with one attached hydrogen (secondary N) is 1. The molecule has 108 valence electrons. The Morgan fingerprint density at radius 2 is 1.80 bits per heavy atom. The topological polar surface area (TPSA) is 29.9 Å². The minimum Gasteiger partial charge on any atom is -0.378 e. The molecule has 0 aliphatic heterocycles. The van der Waals surface area contributed by atoms with Crippen molar-refractivity contribution in [2.24, 2.45) is 0 Å². The lowest BCUT2D eigenvalue weighted by Gasteiger charge is -2.12. The van der Waals surface area contributed by atoms with E-state index in [1.165, 1.54) is 11.3 Å². The summed E-state index contributed by atoms with van der Waals surface area (Å²) in [5, 5.41) is 8.05. The van der Waals surface area contributed by atoms with E-state index in [4.69, 9.17) is 0 Å². The summed E-state index contributed by atoms with van der Waals surface area (Å²) in [5.74, 6) is 0. The predicted molar refractivity (Wildman–Crippen MR) is 91.2 cm³/mol. The molecule has 3 nitrogen and oxygen atoms in total. The van der Waals surface area contributed by atoms with Gasteiger partial charge in [0.05, 0.1) is 23.6 Å². The Morgan fingerprint density at radius 3 is 2.35 bits per heavy atom. The van der Waals surface area contributed by atoms with E-state index in [1.54, 1.807) is 0 Å². The van der Waals surface area contributed by atoms with Crippen molar-refractivity contribution in [1.29, 1.82) is 0 Å². The van der Waals surface area contributed by atoms with E-state index in [9.17, 15) is 0 Å². The van der Waals surface area contributed by atoms with Crippen LogP contribution in [0.4, 0.5) is 5.69 Å². The third-order valence-electron chi connectivity index (χ3n) is 3.21. The summed E-state index contributed by atoms with van der Waals surface area (Å²) in [7, 11) is 0. The first-order valence-corrected chi connectivity index (χ1v) is 8.38. The molecule has 0 spiro atoms. The molecule has 2 rings (SSSR count). The maximum Gasteiger partial charge on any atom is 0.0632 e. The molecule has 0 unspecified atom stereocenters. The number of hydrogen-bond donors (Lipinski definition) is 1. The largest absolute Gasteiger partial charge is 0.378 e. The van der Waals surface area contributed by atoms with Crippen molar-refractivity contribution >= 4 is 37.5 Å². The van der Waals surface area contributed by atoms with Gasteiger partial charge in [0.25, 0.3) is 0 Å². The van der Waals surface area contributed by atoms with Crippen molar-refractivity contribution in [3.63, 3.8) is 0 Å². The summed E-state index contributed by atoms with van der Waals surface area (Å²) in [6.45, 7) is 7.99. The van der Waals surface area contributed by atoms with E-state index < -0.39 is 0 Å². The highest BCUT2D eigenvalue weighted by Crippen LogP contribution is 2.32. The van der Waals surface area contributed by atoms with Crippen molar-refractivity contribution in [3.8, 4) is 0 Å². The standard InChI is InChI=1S/C15H19Br2N3/c1-4-11-8-12(20(5-2)19-11)9-18-15-13(16)6-10(3)7-14(15)17/h6-8,18H,4-5,9H2,1-3H3. The van der Waals surface area contributed by atoms with Crippen LogP contribution in [0.2, 0.25) is 0 Å². The van der Waals surface area contributed by atoms with E-state index in [-0.39, 0.29) is 0 Å². The van der Waals surface area contributed by atoms with Gasteiger partial charge in [-0.15, -0.1) is 0 Å². The van der Waals surface area contributed by atoms with Crippen LogP contribution in [0.5, 0.6) is 0 Å². The molecule has 0 aliphatic carbocycles. The van der Waals surface area contributed by atoms with E-state index in [0.29, 0.717) is 0 Å². The molecule has 0 fully saturated rings. The van der Waals surface area contributed by atoms with Crippen molar-refractivity contribution in [2.45, 2.75) is 40.3 Å². The van der Waals surface area contributed by atoms with Crippen molar-refractivity contribution in [1.82, 2.24) is 9.78 Å². The van der Waals surface area contributed by atoms with Gasteiger partial charge in [-0.2, -0.15) is 5.10 Å². The third kappa shape index (κ3) is 3.44. The van der Waals surface area contributed by atoms with Crippen LogP contribution in [0.3, 0.4) is 0 Å². The Labute approximate surface area is 137 Å². The second kappa shape index (κ2) is 6.76. The van der Waals surface area contributed by atoms with Crippen molar-refractivity contribution in [2.75, 3.05) is 5.32 Å². The van der Waals surface area contributed by atoms with Crippen LogP contribution >= 0.6 is 31.9 Å². The SMILES string of the molecule is CCc1cc(CNc2c(Br)cc(C)cc2Br)n(CC)n1. The molecule has 0 saturated heterocycles. The molecule has 5 heteroatoms. The molecule has 1 heterocycles. The Balaban J connectivity index is 2.18. The molecule has 1 N–H and O–H groups in total. The maximum absolute atomic E-state index is 4.57. The minimum atomic E-state index is 0.765. The number of anilines is 1. The second-order valence-electron chi connectivity index (χ2n) is 4.75. The molecule has 0 bridgehead atoms. The first kappa shape index (κ1) is 15.6. The van der Waals surface area contributed by atoms with Gasteiger partial charge < -0.3 is 5.32 Å². The molecular weight excluding hydrogens is 382 g/mol. The summed E-state index contributed by atoms with van der Waals surface area (Å²) in [5.41, 5.74) is 4.66. The number of rotatable bonds is 5. The fourth-order valence-corrected chi connectivity index (χ4v) is 3.85. The first-order chi connectivity index (χ1) is 9.55. The molecule has 1 aromatic heterocycles. The lowest BCUT2D eigenvalue weighted by Crippen LogP contribution is -2.08. The van der Waals surface area contributed by atoms with Crippen molar-refractivity contribution in [3.05, 3.63) is 44.1 Å². The van der Waals surface area contributed by atoms with Crippen LogP contribution in [-0.4, -0.2) is 9.78 Å². The number of halogens is 2. The number of aryl methyl sites for hydroxylation is 3. The Bertz CT molecular complexity index is 582. The summed E-state index contributed by atoms with van der Waals surface area (Å²) < 4.78 is 4.20. The van der Waals surface area contributed by atoms with Gasteiger partial charge in [-0.05, 0) is 75.9 Å². The molecule has 0 amide bonds. The highest BCUT2D eigenvalue weighted by atomic mass is 79.9. The third-order valence-corrected chi connectivity index (χ3v) is 4.46. The molecule has 0 atom stereocenters. The summed E-state index contributed by atoms with van der Waals surface area (Å²) >= 11 is 7.22. The average molecular weight is 401 g/mol. The Kier molecular flexibility index (Phi) is 5.27. The minimum absolute atomic E-state index is 0.765. The maximum atomic E-state index is 4.57. The molecule has 0 saturated carbocycles. The molecule has 0 radical (unpaired) electrons. The predicted octanol–water partition coefficient (Wildman–Crippen LogP) is 4.91. The fourth-order valence-electron chi connectivity index (χ4n) is 2.15. The summed E-state index contributed by atoms with van der Waals surface area (Å²) in [6.07, 6.45) is 0.970. The number of aromatic nitrogens is 2. The van der Waals surface area contributed by atoms with Crippen LogP contribution in [0.15, 0.2) is 27.1 Å². The lowest BCUT2D eigenvalue weighted by atomic mass is 10.2. The Morgan fingerprint density at radius 1 is 1.15 bits per heavy atom. The molecule has 0 aliphatic rings. The van der Waals surface area contributed by atoms with E-state index in [1.807, 2.05) is 0 Å². The van der Waals surface area contributed by atoms with E-state index in [0.717, 1.165) is 39.8 Å². The molecular formula is C15H19Br2N3. The highest BCUT2D eigenvalue weighted by Gasteiger charge is 2.09. The number of nitrogens with zero attached hydrogens (tertiary/aromatic N) is 2. The van der Waals surface area contributed by atoms with Gasteiger partial charge in [-0.3, -0.25) is 4.68 Å². The molecule has 20 heavy (non-hydrogen) atoms. The fraction of sp³-hybridized carbons (Fsp3) is 0.400. The van der Waals surface area contributed by atoms with Gasteiger partial charge >= 0.3 is 0 Å². The Hall–Kier alpha value is -0.810. The van der Waals surface area contributed by atoms with Gasteiger partial charge in [0.1, 0.15) is 0 Å². The van der Waals surface area contributed by atoms with Crippen LogP contribution in [-0.2, 0) is 19.5 Å². The van der Waals surface area contributed by atoms with Crippen LogP contribution in [0, 0.1) is 6.92 Å². The van der Waals surface area contributed by atoms with Gasteiger partial charge in [-0.25, -0.2) is 0 Å². The zero-order chi connectivity index (χ0) is 14.7. The smallest absolute Gasteiger partial charge is 0.0632 e. The van der Waals surface area contributed by atoms with Crippen LogP contribution in [0.25, 0.3) is 0 Å². The van der Waals surface area contributed by atoms with E-state index >= 15 is 0 Å². The monoisotopic (exact) mass is 399 g/mol. The summed E-state index contributed by atoms with van der Waals surface area (Å²) in [6, 6.07) is 6.40. The van der Waals surface area contributed by atoms with Crippen molar-refractivity contribution < 1.29 is 0 Å². The van der Waals surface area contributed by atoms with Gasteiger partial charge in [-0.1, -0.05) is 6.92 Å². The normalized spacial score (nSPS) is 10.8. The molecule has 2 aromatic rings. The molecule has 1 aromatic carbocycles. The van der Waals surface area contributed by atoms with E-state index in [2.05, 4.69) is 85.9 Å². The van der Waals surface area contributed by atoms with Gasteiger partial charge in [0.2, 0.25) is 0 Å². The first-order valence-electron chi connectivity index (χ1n) is 6.80. The quantitative estimate of drug-likeness (QED) is 0.772. The van der Waals surface area contributed by atoms with Gasteiger partial charge in [0.15, 0.2) is 0 Å². The summed E-state index contributed by atoms with van der Waals surface area (Å²) in [4.78, 5) is 0. The lowest BCUT2D eigenvalue weighted by molar-refractivity contribution is 0.619. The zero-order valence-electron chi connectivity index (χ0n) is 12.0. The number of benzene rings is 1.